The lowest BCUT2D eigenvalue weighted by Gasteiger charge is -2.35. The third-order valence-electron chi connectivity index (χ3n) is 3.66. The van der Waals surface area contributed by atoms with Gasteiger partial charge in [-0.25, -0.2) is 0 Å². The maximum atomic E-state index is 12.3. The highest BCUT2D eigenvalue weighted by atomic mass is 16.1. The molecule has 1 atom stereocenters. The van der Waals surface area contributed by atoms with Gasteiger partial charge in [0.2, 0.25) is 0 Å². The Morgan fingerprint density at radius 1 is 1.17 bits per heavy atom. The SMILES string of the molecule is CC(C(=O)c1ccc(N)cc1)N1CCN(C)CC1. The fraction of sp³-hybridized carbons (Fsp3) is 0.500. The third kappa shape index (κ3) is 2.89. The Hall–Kier alpha value is -1.39. The lowest BCUT2D eigenvalue weighted by molar-refractivity contribution is 0.0738. The normalized spacial score (nSPS) is 19.7. The van der Waals surface area contributed by atoms with Gasteiger partial charge >= 0.3 is 0 Å². The molecule has 1 heterocycles. The minimum atomic E-state index is -0.0534. The average Bonchev–Trinajstić information content (AvgIpc) is 2.39. The van der Waals surface area contributed by atoms with Crippen LogP contribution in [0.25, 0.3) is 0 Å². The van der Waals surface area contributed by atoms with E-state index in [1.165, 1.54) is 0 Å². The molecule has 0 aliphatic carbocycles. The van der Waals surface area contributed by atoms with E-state index >= 15 is 0 Å². The van der Waals surface area contributed by atoms with Gasteiger partial charge in [0, 0.05) is 37.4 Å². The van der Waals surface area contributed by atoms with Gasteiger partial charge in [0.15, 0.2) is 5.78 Å². The molecule has 1 aromatic carbocycles. The van der Waals surface area contributed by atoms with Gasteiger partial charge in [-0.3, -0.25) is 9.69 Å². The number of Topliss-reactive ketones (excluding diaryl/α,β-unsaturated/α-hetero) is 1. The minimum Gasteiger partial charge on any atom is -0.399 e. The van der Waals surface area contributed by atoms with Gasteiger partial charge in [-0.05, 0) is 38.2 Å². The molecule has 0 saturated carbocycles. The molecule has 1 aromatic rings. The summed E-state index contributed by atoms with van der Waals surface area (Å²) in [6.07, 6.45) is 0. The Kier molecular flexibility index (Phi) is 3.99. The highest BCUT2D eigenvalue weighted by molar-refractivity contribution is 6.00. The van der Waals surface area contributed by atoms with Crippen LogP contribution >= 0.6 is 0 Å². The fourth-order valence-electron chi connectivity index (χ4n) is 2.26. The maximum absolute atomic E-state index is 12.3. The maximum Gasteiger partial charge on any atom is 0.179 e. The molecule has 1 fully saturated rings. The topological polar surface area (TPSA) is 49.6 Å². The van der Waals surface area contributed by atoms with Gasteiger partial charge in [0.1, 0.15) is 0 Å². The number of piperazine rings is 1. The number of nitrogen functional groups attached to an aromatic ring is 1. The second kappa shape index (κ2) is 5.50. The van der Waals surface area contributed by atoms with Crippen LogP contribution in [0.4, 0.5) is 5.69 Å². The number of anilines is 1. The third-order valence-corrected chi connectivity index (χ3v) is 3.66. The monoisotopic (exact) mass is 247 g/mol. The number of hydrogen-bond donors (Lipinski definition) is 1. The number of carbonyl (C=O) groups excluding carboxylic acids is 1. The van der Waals surface area contributed by atoms with E-state index < -0.39 is 0 Å². The van der Waals surface area contributed by atoms with Gasteiger partial charge in [-0.15, -0.1) is 0 Å². The summed E-state index contributed by atoms with van der Waals surface area (Å²) < 4.78 is 0. The molecule has 0 bridgehead atoms. The molecule has 0 radical (unpaired) electrons. The van der Waals surface area contributed by atoms with Crippen molar-refractivity contribution < 1.29 is 4.79 Å². The van der Waals surface area contributed by atoms with Crippen LogP contribution in [0.15, 0.2) is 24.3 Å². The van der Waals surface area contributed by atoms with Gasteiger partial charge in [-0.1, -0.05) is 0 Å². The van der Waals surface area contributed by atoms with Crippen molar-refractivity contribution >= 4 is 11.5 Å². The largest absolute Gasteiger partial charge is 0.399 e. The molecular formula is C14H21N3O. The molecule has 4 nitrogen and oxygen atoms in total. The number of nitrogens with two attached hydrogens (primary N) is 1. The van der Waals surface area contributed by atoms with E-state index in [0.29, 0.717) is 5.69 Å². The van der Waals surface area contributed by atoms with Crippen LogP contribution < -0.4 is 5.73 Å². The molecule has 2 N–H and O–H groups in total. The highest BCUT2D eigenvalue weighted by Crippen LogP contribution is 2.13. The lowest BCUT2D eigenvalue weighted by Crippen LogP contribution is -2.50. The second-order valence-corrected chi connectivity index (χ2v) is 5.00. The fourth-order valence-corrected chi connectivity index (χ4v) is 2.26. The number of rotatable bonds is 3. The Morgan fingerprint density at radius 3 is 2.28 bits per heavy atom. The van der Waals surface area contributed by atoms with E-state index in [1.54, 1.807) is 12.1 Å². The molecular weight excluding hydrogens is 226 g/mol. The summed E-state index contributed by atoms with van der Waals surface area (Å²) in [6, 6.07) is 7.13. The summed E-state index contributed by atoms with van der Waals surface area (Å²) in [4.78, 5) is 16.9. The molecule has 1 unspecified atom stereocenters. The minimum absolute atomic E-state index is 0.0534. The van der Waals surface area contributed by atoms with Crippen LogP contribution in [0.2, 0.25) is 0 Å². The summed E-state index contributed by atoms with van der Waals surface area (Å²) >= 11 is 0. The molecule has 1 saturated heterocycles. The predicted molar refractivity (Wildman–Crippen MR) is 73.7 cm³/mol. The zero-order valence-corrected chi connectivity index (χ0v) is 11.1. The molecule has 2 rings (SSSR count). The first-order chi connectivity index (χ1) is 8.58. The van der Waals surface area contributed by atoms with E-state index in [4.69, 9.17) is 5.73 Å². The molecule has 0 spiro atoms. The Balaban J connectivity index is 2.02. The van der Waals surface area contributed by atoms with Crippen molar-refractivity contribution in [1.29, 1.82) is 0 Å². The van der Waals surface area contributed by atoms with Crippen LogP contribution in [0.3, 0.4) is 0 Å². The highest BCUT2D eigenvalue weighted by Gasteiger charge is 2.24. The van der Waals surface area contributed by atoms with Gasteiger partial charge in [0.25, 0.3) is 0 Å². The summed E-state index contributed by atoms with van der Waals surface area (Å²) in [5, 5.41) is 0. The standard InChI is InChI=1S/C14H21N3O/c1-11(17-9-7-16(2)8-10-17)14(18)12-3-5-13(15)6-4-12/h3-6,11H,7-10,15H2,1-2H3. The van der Waals surface area contributed by atoms with Gasteiger partial charge in [-0.2, -0.15) is 0 Å². The van der Waals surface area contributed by atoms with Crippen molar-refractivity contribution in [2.75, 3.05) is 39.0 Å². The number of hydrogen-bond acceptors (Lipinski definition) is 4. The Labute approximate surface area is 108 Å². The molecule has 18 heavy (non-hydrogen) atoms. The molecule has 1 aliphatic rings. The van der Waals surface area contributed by atoms with E-state index in [1.807, 2.05) is 19.1 Å². The van der Waals surface area contributed by atoms with Gasteiger partial charge < -0.3 is 10.6 Å². The zero-order valence-electron chi connectivity index (χ0n) is 11.1. The van der Waals surface area contributed by atoms with E-state index in [0.717, 1.165) is 31.7 Å². The van der Waals surface area contributed by atoms with Crippen molar-refractivity contribution in [3.63, 3.8) is 0 Å². The van der Waals surface area contributed by atoms with Crippen molar-refractivity contribution in [2.45, 2.75) is 13.0 Å². The lowest BCUT2D eigenvalue weighted by atomic mass is 10.0. The quantitative estimate of drug-likeness (QED) is 0.641. The molecule has 1 aliphatic heterocycles. The van der Waals surface area contributed by atoms with Crippen molar-refractivity contribution in [1.82, 2.24) is 9.80 Å². The van der Waals surface area contributed by atoms with Crippen LogP contribution in [0.1, 0.15) is 17.3 Å². The summed E-state index contributed by atoms with van der Waals surface area (Å²) in [5.74, 6) is 0.180. The summed E-state index contributed by atoms with van der Waals surface area (Å²) in [6.45, 7) is 5.96. The van der Waals surface area contributed by atoms with Crippen LogP contribution in [-0.2, 0) is 0 Å². The summed E-state index contributed by atoms with van der Waals surface area (Å²) in [7, 11) is 2.11. The molecule has 0 amide bonds. The van der Waals surface area contributed by atoms with Crippen LogP contribution in [0.5, 0.6) is 0 Å². The molecule has 0 aromatic heterocycles. The number of ketones is 1. The molecule has 4 heteroatoms. The van der Waals surface area contributed by atoms with Crippen molar-refractivity contribution in [3.8, 4) is 0 Å². The first-order valence-corrected chi connectivity index (χ1v) is 6.40. The number of benzene rings is 1. The van der Waals surface area contributed by atoms with Crippen LogP contribution in [-0.4, -0.2) is 54.9 Å². The first kappa shape index (κ1) is 13.1. The van der Waals surface area contributed by atoms with Crippen molar-refractivity contribution in [3.05, 3.63) is 29.8 Å². The number of likely N-dealkylation sites (N-methyl/N-ethyl adjacent to an activating group) is 1. The van der Waals surface area contributed by atoms with E-state index in [9.17, 15) is 4.79 Å². The van der Waals surface area contributed by atoms with Crippen molar-refractivity contribution in [2.24, 2.45) is 0 Å². The second-order valence-electron chi connectivity index (χ2n) is 5.00. The summed E-state index contributed by atoms with van der Waals surface area (Å²) in [5.41, 5.74) is 7.07. The Bertz CT molecular complexity index is 408. The smallest absolute Gasteiger partial charge is 0.179 e. The first-order valence-electron chi connectivity index (χ1n) is 6.40. The van der Waals surface area contributed by atoms with Gasteiger partial charge in [0.05, 0.1) is 6.04 Å². The number of nitrogens with zero attached hydrogens (tertiary/aromatic N) is 2. The van der Waals surface area contributed by atoms with E-state index in [-0.39, 0.29) is 11.8 Å². The Morgan fingerprint density at radius 2 is 1.72 bits per heavy atom. The van der Waals surface area contributed by atoms with E-state index in [2.05, 4.69) is 16.8 Å². The molecule has 98 valence electrons. The number of carbonyl (C=O) groups is 1. The van der Waals surface area contributed by atoms with Crippen LogP contribution in [0, 0.1) is 0 Å². The zero-order chi connectivity index (χ0) is 13.1. The predicted octanol–water partition coefficient (Wildman–Crippen LogP) is 1.09. The average molecular weight is 247 g/mol.